The van der Waals surface area contributed by atoms with Gasteiger partial charge in [0.2, 0.25) is 5.88 Å². The molecule has 5 heteroatoms. The van der Waals surface area contributed by atoms with Crippen molar-refractivity contribution in [2.24, 2.45) is 0 Å². The number of aromatic nitrogens is 4. The minimum Gasteiger partial charge on any atom is -0.493 e. The molecule has 2 heterocycles. The van der Waals surface area contributed by atoms with E-state index in [9.17, 15) is 5.11 Å². The Morgan fingerprint density at radius 3 is 2.19 bits per heavy atom. The molecule has 0 saturated carbocycles. The number of aromatic hydroxyl groups is 1. The molecule has 0 aliphatic rings. The molecule has 2 aromatic heterocycles. The zero-order valence-corrected chi connectivity index (χ0v) is 9.81. The van der Waals surface area contributed by atoms with Crippen molar-refractivity contribution in [3.63, 3.8) is 0 Å². The van der Waals surface area contributed by atoms with E-state index in [1.807, 2.05) is 27.7 Å². The van der Waals surface area contributed by atoms with Crippen molar-refractivity contribution in [2.75, 3.05) is 0 Å². The van der Waals surface area contributed by atoms with E-state index in [1.54, 1.807) is 6.07 Å². The highest BCUT2D eigenvalue weighted by Gasteiger charge is 2.12. The lowest BCUT2D eigenvalue weighted by Gasteiger charge is -2.08. The number of hydrogen-bond acceptors (Lipinski definition) is 4. The summed E-state index contributed by atoms with van der Waals surface area (Å²) in [6.07, 6.45) is 0. The number of nitrogens with zero attached hydrogens (tertiary/aromatic N) is 4. The fraction of sp³-hybridized carbons (Fsp3) is 0.364. The summed E-state index contributed by atoms with van der Waals surface area (Å²) < 4.78 is 1.41. The van der Waals surface area contributed by atoms with Gasteiger partial charge in [0.1, 0.15) is 0 Å². The predicted octanol–water partition coefficient (Wildman–Crippen LogP) is 1.60. The maximum Gasteiger partial charge on any atom is 0.215 e. The third-order valence-corrected chi connectivity index (χ3v) is 2.47. The normalized spacial score (nSPS) is 10.8. The Morgan fingerprint density at radius 1 is 1.00 bits per heavy atom. The van der Waals surface area contributed by atoms with Crippen LogP contribution in [0.5, 0.6) is 5.88 Å². The molecule has 0 unspecified atom stereocenters. The monoisotopic (exact) mass is 218 g/mol. The highest BCUT2D eigenvalue weighted by atomic mass is 16.3. The highest BCUT2D eigenvalue weighted by Crippen LogP contribution is 2.18. The van der Waals surface area contributed by atoms with Crippen LogP contribution in [-0.4, -0.2) is 24.9 Å². The average Bonchev–Trinajstić information content (AvgIpc) is 2.51. The summed E-state index contributed by atoms with van der Waals surface area (Å²) in [6.45, 7) is 7.47. The lowest BCUT2D eigenvalue weighted by molar-refractivity contribution is 0.431. The van der Waals surface area contributed by atoms with E-state index in [0.29, 0.717) is 5.82 Å². The van der Waals surface area contributed by atoms with Crippen LogP contribution in [-0.2, 0) is 0 Å². The third-order valence-electron chi connectivity index (χ3n) is 2.47. The average molecular weight is 218 g/mol. The zero-order valence-electron chi connectivity index (χ0n) is 9.81. The summed E-state index contributed by atoms with van der Waals surface area (Å²) in [5.74, 6) is 0.659. The maximum absolute atomic E-state index is 9.70. The molecule has 0 bridgehead atoms. The van der Waals surface area contributed by atoms with Crippen molar-refractivity contribution in [2.45, 2.75) is 27.7 Å². The molecular weight excluding hydrogens is 204 g/mol. The molecule has 0 amide bonds. The van der Waals surface area contributed by atoms with E-state index in [4.69, 9.17) is 0 Å². The van der Waals surface area contributed by atoms with Crippen LogP contribution < -0.4 is 0 Å². The molecule has 2 aromatic rings. The van der Waals surface area contributed by atoms with Gasteiger partial charge in [-0.25, -0.2) is 4.98 Å². The van der Waals surface area contributed by atoms with Gasteiger partial charge in [0.15, 0.2) is 5.82 Å². The quantitative estimate of drug-likeness (QED) is 0.789. The third kappa shape index (κ3) is 1.64. The first-order valence-corrected chi connectivity index (χ1v) is 5.07. The maximum atomic E-state index is 9.70. The SMILES string of the molecule is Cc1cc(O)n(-c2nc(C)c(C)nc2C)n1. The molecule has 5 nitrogen and oxygen atoms in total. The predicted molar refractivity (Wildman–Crippen MR) is 59.8 cm³/mol. The Kier molecular flexibility index (Phi) is 2.38. The second kappa shape index (κ2) is 3.59. The van der Waals surface area contributed by atoms with Gasteiger partial charge < -0.3 is 5.11 Å². The summed E-state index contributed by atoms with van der Waals surface area (Å²) >= 11 is 0. The molecular formula is C11H14N4O. The molecule has 16 heavy (non-hydrogen) atoms. The number of hydrogen-bond donors (Lipinski definition) is 1. The van der Waals surface area contributed by atoms with Crippen LogP contribution in [0, 0.1) is 27.7 Å². The Balaban J connectivity index is 2.64. The van der Waals surface area contributed by atoms with Crippen molar-refractivity contribution in [3.05, 3.63) is 28.8 Å². The van der Waals surface area contributed by atoms with Gasteiger partial charge in [-0.3, -0.25) is 4.98 Å². The lowest BCUT2D eigenvalue weighted by Crippen LogP contribution is -2.07. The molecule has 2 rings (SSSR count). The Morgan fingerprint density at radius 2 is 1.62 bits per heavy atom. The minimum absolute atomic E-state index is 0.0816. The van der Waals surface area contributed by atoms with Gasteiger partial charge in [-0.2, -0.15) is 9.78 Å². The van der Waals surface area contributed by atoms with Crippen molar-refractivity contribution in [3.8, 4) is 11.7 Å². The van der Waals surface area contributed by atoms with Crippen molar-refractivity contribution >= 4 is 0 Å². The van der Waals surface area contributed by atoms with E-state index < -0.39 is 0 Å². The second-order valence-electron chi connectivity index (χ2n) is 3.86. The van der Waals surface area contributed by atoms with Crippen LogP contribution in [0.4, 0.5) is 0 Å². The molecule has 1 N–H and O–H groups in total. The van der Waals surface area contributed by atoms with Crippen LogP contribution in [0.3, 0.4) is 0 Å². The van der Waals surface area contributed by atoms with Crippen LogP contribution in [0.15, 0.2) is 6.07 Å². The Labute approximate surface area is 93.8 Å². The summed E-state index contributed by atoms with van der Waals surface area (Å²) in [6, 6.07) is 1.59. The van der Waals surface area contributed by atoms with Gasteiger partial charge in [0.05, 0.1) is 22.8 Å². The standard InChI is InChI=1S/C11H14N4O/c1-6-5-10(16)15(14-6)11-9(4)12-7(2)8(3)13-11/h5,16H,1-4H3. The summed E-state index contributed by atoms with van der Waals surface area (Å²) in [5.41, 5.74) is 3.23. The molecule has 0 aliphatic carbocycles. The highest BCUT2D eigenvalue weighted by molar-refractivity contribution is 5.34. The molecule has 0 fully saturated rings. The fourth-order valence-corrected chi connectivity index (χ4v) is 1.55. The van der Waals surface area contributed by atoms with E-state index in [2.05, 4.69) is 15.1 Å². The smallest absolute Gasteiger partial charge is 0.215 e. The van der Waals surface area contributed by atoms with E-state index in [1.165, 1.54) is 4.68 Å². The van der Waals surface area contributed by atoms with Crippen LogP contribution >= 0.6 is 0 Å². The van der Waals surface area contributed by atoms with Gasteiger partial charge >= 0.3 is 0 Å². The Hall–Kier alpha value is -1.91. The lowest BCUT2D eigenvalue weighted by atomic mass is 10.3. The molecule has 0 atom stereocenters. The minimum atomic E-state index is 0.0816. The zero-order chi connectivity index (χ0) is 11.9. The summed E-state index contributed by atoms with van der Waals surface area (Å²) in [4.78, 5) is 8.76. The van der Waals surface area contributed by atoms with Gasteiger partial charge in [0, 0.05) is 6.07 Å². The van der Waals surface area contributed by atoms with Crippen molar-refractivity contribution in [1.82, 2.24) is 19.7 Å². The summed E-state index contributed by atoms with van der Waals surface area (Å²) in [5, 5.41) is 13.9. The molecule has 0 spiro atoms. The van der Waals surface area contributed by atoms with Gasteiger partial charge in [-0.1, -0.05) is 0 Å². The topological polar surface area (TPSA) is 63.8 Å². The van der Waals surface area contributed by atoms with Crippen LogP contribution in [0.2, 0.25) is 0 Å². The van der Waals surface area contributed by atoms with Gasteiger partial charge in [0.25, 0.3) is 0 Å². The van der Waals surface area contributed by atoms with Crippen molar-refractivity contribution in [1.29, 1.82) is 0 Å². The first kappa shape index (κ1) is 10.6. The Bertz CT molecular complexity index is 545. The van der Waals surface area contributed by atoms with E-state index in [0.717, 1.165) is 22.8 Å². The van der Waals surface area contributed by atoms with Crippen molar-refractivity contribution < 1.29 is 5.11 Å². The molecule has 0 radical (unpaired) electrons. The summed E-state index contributed by atoms with van der Waals surface area (Å²) in [7, 11) is 0. The second-order valence-corrected chi connectivity index (χ2v) is 3.86. The van der Waals surface area contributed by atoms with Gasteiger partial charge in [-0.15, -0.1) is 0 Å². The number of rotatable bonds is 1. The molecule has 0 aliphatic heterocycles. The fourth-order valence-electron chi connectivity index (χ4n) is 1.55. The van der Waals surface area contributed by atoms with Gasteiger partial charge in [-0.05, 0) is 27.7 Å². The van der Waals surface area contributed by atoms with Crippen LogP contribution in [0.25, 0.3) is 5.82 Å². The van der Waals surface area contributed by atoms with E-state index in [-0.39, 0.29) is 5.88 Å². The largest absolute Gasteiger partial charge is 0.493 e. The first-order chi connectivity index (χ1) is 7.49. The molecule has 84 valence electrons. The van der Waals surface area contributed by atoms with Crippen LogP contribution in [0.1, 0.15) is 22.8 Å². The molecule has 0 aromatic carbocycles. The number of aryl methyl sites for hydroxylation is 4. The molecule has 0 saturated heterocycles. The first-order valence-electron chi connectivity index (χ1n) is 5.07. The van der Waals surface area contributed by atoms with E-state index >= 15 is 0 Å².